The van der Waals surface area contributed by atoms with Gasteiger partial charge in [0.25, 0.3) is 0 Å². The SMILES string of the molecule is CC.Cc1ccc(-c2ccc(-c3ccc(-c4ccc(C)cc4)cc3F)c(F)c2)cc1. The molecule has 0 saturated heterocycles. The van der Waals surface area contributed by atoms with E-state index in [1.165, 1.54) is 12.1 Å². The molecule has 2 heteroatoms. The second kappa shape index (κ2) is 9.49. The smallest absolute Gasteiger partial charge is 0.131 e. The van der Waals surface area contributed by atoms with Gasteiger partial charge in [0, 0.05) is 11.1 Å². The topological polar surface area (TPSA) is 0 Å². The van der Waals surface area contributed by atoms with E-state index in [1.54, 1.807) is 12.1 Å². The van der Waals surface area contributed by atoms with E-state index in [1.807, 2.05) is 88.4 Å². The molecular weight excluding hydrogens is 374 g/mol. The molecule has 0 aromatic heterocycles. The Hall–Kier alpha value is -3.26. The largest absolute Gasteiger partial charge is 0.206 e. The summed E-state index contributed by atoms with van der Waals surface area (Å²) in [7, 11) is 0. The first-order valence-corrected chi connectivity index (χ1v) is 10.2. The lowest BCUT2D eigenvalue weighted by atomic mass is 9.96. The minimum absolute atomic E-state index is 0.267. The van der Waals surface area contributed by atoms with Gasteiger partial charge in [0.1, 0.15) is 11.6 Å². The quantitative estimate of drug-likeness (QED) is 0.323. The van der Waals surface area contributed by atoms with Crippen molar-refractivity contribution in [3.8, 4) is 33.4 Å². The predicted octanol–water partition coefficient (Wildman–Crippen LogP) is 8.61. The average molecular weight is 401 g/mol. The molecule has 0 atom stereocenters. The Kier molecular flexibility index (Phi) is 6.79. The van der Waals surface area contributed by atoms with Gasteiger partial charge in [-0.25, -0.2) is 8.78 Å². The molecule has 0 unspecified atom stereocenters. The maximum Gasteiger partial charge on any atom is 0.131 e. The van der Waals surface area contributed by atoms with E-state index < -0.39 is 11.6 Å². The van der Waals surface area contributed by atoms with E-state index in [4.69, 9.17) is 0 Å². The first-order chi connectivity index (χ1) is 14.5. The molecule has 0 spiro atoms. The van der Waals surface area contributed by atoms with E-state index in [-0.39, 0.29) is 11.1 Å². The molecule has 0 aliphatic rings. The molecule has 0 N–H and O–H groups in total. The molecule has 0 aliphatic heterocycles. The number of aryl methyl sites for hydroxylation is 2. The van der Waals surface area contributed by atoms with Gasteiger partial charge in [-0.15, -0.1) is 0 Å². The van der Waals surface area contributed by atoms with Crippen molar-refractivity contribution < 1.29 is 8.78 Å². The molecule has 0 saturated carbocycles. The Labute approximate surface area is 177 Å². The zero-order valence-electron chi connectivity index (χ0n) is 17.8. The molecule has 0 heterocycles. The first-order valence-electron chi connectivity index (χ1n) is 10.2. The van der Waals surface area contributed by atoms with Crippen molar-refractivity contribution in [1.29, 1.82) is 0 Å². The number of benzene rings is 4. The van der Waals surface area contributed by atoms with Gasteiger partial charge < -0.3 is 0 Å². The summed E-state index contributed by atoms with van der Waals surface area (Å²) < 4.78 is 29.6. The van der Waals surface area contributed by atoms with E-state index in [0.717, 1.165) is 33.4 Å². The minimum atomic E-state index is -0.430. The summed E-state index contributed by atoms with van der Waals surface area (Å²) in [6.07, 6.45) is 0. The van der Waals surface area contributed by atoms with Crippen LogP contribution in [-0.4, -0.2) is 0 Å². The zero-order chi connectivity index (χ0) is 21.7. The summed E-state index contributed by atoms with van der Waals surface area (Å²) in [5.74, 6) is -0.861. The third-order valence-corrected chi connectivity index (χ3v) is 5.00. The van der Waals surface area contributed by atoms with Crippen molar-refractivity contribution in [2.75, 3.05) is 0 Å². The lowest BCUT2D eigenvalue weighted by molar-refractivity contribution is 0.617. The lowest BCUT2D eigenvalue weighted by Gasteiger charge is -2.10. The fraction of sp³-hybridized carbons (Fsp3) is 0.143. The monoisotopic (exact) mass is 400 g/mol. The van der Waals surface area contributed by atoms with E-state index >= 15 is 0 Å². The Morgan fingerprint density at radius 3 is 1.03 bits per heavy atom. The lowest BCUT2D eigenvalue weighted by Crippen LogP contribution is -1.91. The van der Waals surface area contributed by atoms with Crippen molar-refractivity contribution in [3.63, 3.8) is 0 Å². The summed E-state index contributed by atoms with van der Waals surface area (Å²) in [4.78, 5) is 0. The Morgan fingerprint density at radius 1 is 0.433 bits per heavy atom. The molecule has 0 aliphatic carbocycles. The minimum Gasteiger partial charge on any atom is -0.206 e. The fourth-order valence-corrected chi connectivity index (χ4v) is 3.32. The molecule has 4 aromatic rings. The van der Waals surface area contributed by atoms with Crippen LogP contribution >= 0.6 is 0 Å². The maximum absolute atomic E-state index is 14.8. The summed E-state index contributed by atoms with van der Waals surface area (Å²) in [6.45, 7) is 8.02. The molecular formula is C28H26F2. The molecule has 4 aromatic carbocycles. The highest BCUT2D eigenvalue weighted by Crippen LogP contribution is 2.32. The Bertz CT molecular complexity index is 1030. The van der Waals surface area contributed by atoms with Crippen molar-refractivity contribution in [2.24, 2.45) is 0 Å². The molecule has 0 bridgehead atoms. The van der Waals surface area contributed by atoms with E-state index in [2.05, 4.69) is 0 Å². The normalized spacial score (nSPS) is 10.3. The second-order valence-corrected chi connectivity index (χ2v) is 7.12. The molecule has 152 valence electrons. The van der Waals surface area contributed by atoms with Crippen LogP contribution < -0.4 is 0 Å². The maximum atomic E-state index is 14.8. The number of hydrogen-bond acceptors (Lipinski definition) is 0. The molecule has 4 rings (SSSR count). The van der Waals surface area contributed by atoms with E-state index in [0.29, 0.717) is 0 Å². The zero-order valence-corrected chi connectivity index (χ0v) is 17.8. The van der Waals surface area contributed by atoms with Crippen molar-refractivity contribution in [1.82, 2.24) is 0 Å². The van der Waals surface area contributed by atoms with Gasteiger partial charge in [-0.05, 0) is 48.2 Å². The number of rotatable bonds is 3. The van der Waals surface area contributed by atoms with Crippen LogP contribution in [-0.2, 0) is 0 Å². The van der Waals surface area contributed by atoms with Crippen LogP contribution in [0.3, 0.4) is 0 Å². The van der Waals surface area contributed by atoms with Gasteiger partial charge >= 0.3 is 0 Å². The van der Waals surface area contributed by atoms with Crippen LogP contribution in [0.5, 0.6) is 0 Å². The summed E-state index contributed by atoms with van der Waals surface area (Å²) in [6, 6.07) is 25.7. The van der Waals surface area contributed by atoms with E-state index in [9.17, 15) is 8.78 Å². The van der Waals surface area contributed by atoms with Gasteiger partial charge in [-0.2, -0.15) is 0 Å². The Morgan fingerprint density at radius 2 is 0.733 bits per heavy atom. The predicted molar refractivity (Wildman–Crippen MR) is 123 cm³/mol. The third-order valence-electron chi connectivity index (χ3n) is 5.00. The molecule has 0 amide bonds. The molecule has 0 fully saturated rings. The van der Waals surface area contributed by atoms with Crippen molar-refractivity contribution in [3.05, 3.63) is 108 Å². The number of halogens is 2. The standard InChI is InChI=1S/C26H20F2.C2H6/c1-17-3-7-19(8-4-17)21-11-13-23(25(27)15-21)24-14-12-22(16-26(24)28)20-9-5-18(2)6-10-20;1-2/h3-16H,1-2H3;1-2H3. The summed E-state index contributed by atoms with van der Waals surface area (Å²) in [5.41, 5.74) is 6.26. The van der Waals surface area contributed by atoms with Gasteiger partial charge in [0.2, 0.25) is 0 Å². The highest BCUT2D eigenvalue weighted by molar-refractivity contribution is 5.74. The van der Waals surface area contributed by atoms with Crippen molar-refractivity contribution >= 4 is 0 Å². The highest BCUT2D eigenvalue weighted by Gasteiger charge is 2.13. The Balaban J connectivity index is 0.00000124. The van der Waals surface area contributed by atoms with Crippen LogP contribution in [0.1, 0.15) is 25.0 Å². The summed E-state index contributed by atoms with van der Waals surface area (Å²) in [5, 5.41) is 0. The van der Waals surface area contributed by atoms with Gasteiger partial charge in [0.15, 0.2) is 0 Å². The highest BCUT2D eigenvalue weighted by atomic mass is 19.1. The second-order valence-electron chi connectivity index (χ2n) is 7.12. The van der Waals surface area contributed by atoms with Crippen LogP contribution in [0.25, 0.3) is 33.4 Å². The average Bonchev–Trinajstić information content (AvgIpc) is 2.76. The van der Waals surface area contributed by atoms with Gasteiger partial charge in [-0.1, -0.05) is 97.8 Å². The van der Waals surface area contributed by atoms with Crippen molar-refractivity contribution in [2.45, 2.75) is 27.7 Å². The van der Waals surface area contributed by atoms with Crippen LogP contribution in [0, 0.1) is 25.5 Å². The van der Waals surface area contributed by atoms with Gasteiger partial charge in [0.05, 0.1) is 0 Å². The molecule has 0 nitrogen and oxygen atoms in total. The van der Waals surface area contributed by atoms with Gasteiger partial charge in [-0.3, -0.25) is 0 Å². The van der Waals surface area contributed by atoms with Crippen LogP contribution in [0.2, 0.25) is 0 Å². The third kappa shape index (κ3) is 4.65. The number of hydrogen-bond donors (Lipinski definition) is 0. The van der Waals surface area contributed by atoms with Crippen LogP contribution in [0.15, 0.2) is 84.9 Å². The van der Waals surface area contributed by atoms with Crippen LogP contribution in [0.4, 0.5) is 8.78 Å². The summed E-state index contributed by atoms with van der Waals surface area (Å²) >= 11 is 0. The molecule has 30 heavy (non-hydrogen) atoms. The first kappa shape index (κ1) is 21.4. The fourth-order valence-electron chi connectivity index (χ4n) is 3.32. The molecule has 0 radical (unpaired) electrons.